The number of urea groups is 1. The van der Waals surface area contributed by atoms with Gasteiger partial charge in [0.2, 0.25) is 0 Å². The van der Waals surface area contributed by atoms with Crippen molar-refractivity contribution in [1.82, 2.24) is 4.90 Å². The molecule has 122 valence electrons. The predicted molar refractivity (Wildman–Crippen MR) is 89.3 cm³/mol. The molecule has 2 atom stereocenters. The zero-order chi connectivity index (χ0) is 16.3. The first-order valence-corrected chi connectivity index (χ1v) is 8.79. The minimum atomic E-state index is -0.972. The van der Waals surface area contributed by atoms with E-state index in [1.54, 1.807) is 4.90 Å². The lowest BCUT2D eigenvalue weighted by atomic mass is 10.2. The van der Waals surface area contributed by atoms with Crippen LogP contribution in [0.25, 0.3) is 0 Å². The van der Waals surface area contributed by atoms with Crippen LogP contribution in [0.2, 0.25) is 0 Å². The minimum absolute atomic E-state index is 0.203. The monoisotopic (exact) mass is 324 g/mol. The number of hydrogen-bond donors (Lipinski definition) is 2. The van der Waals surface area contributed by atoms with Crippen molar-refractivity contribution in [2.75, 3.05) is 18.4 Å². The van der Waals surface area contributed by atoms with Crippen molar-refractivity contribution in [2.24, 2.45) is 0 Å². The standard InChI is InChI=1S/C16H24N2O3S/c1-16(2,3)22(21)11-12-5-4-6-13(9-12)17-15(20)18-8-7-14(19)10-18/h4-6,9,14,19H,7-8,10-11H2,1-3H3,(H,17,20). The second-order valence-corrected chi connectivity index (χ2v) is 8.83. The number of carbonyl (C=O) groups excluding carboxylic acids is 1. The van der Waals surface area contributed by atoms with Crippen LogP contribution in [0.3, 0.4) is 0 Å². The van der Waals surface area contributed by atoms with Gasteiger partial charge in [-0.1, -0.05) is 12.1 Å². The van der Waals surface area contributed by atoms with Crippen molar-refractivity contribution in [3.63, 3.8) is 0 Å². The summed E-state index contributed by atoms with van der Waals surface area (Å²) in [6.45, 7) is 6.80. The number of likely N-dealkylation sites (tertiary alicyclic amines) is 1. The highest BCUT2D eigenvalue weighted by molar-refractivity contribution is 7.85. The number of anilines is 1. The van der Waals surface area contributed by atoms with E-state index < -0.39 is 16.9 Å². The second kappa shape index (κ2) is 6.79. The van der Waals surface area contributed by atoms with E-state index in [0.29, 0.717) is 31.0 Å². The fraction of sp³-hybridized carbons (Fsp3) is 0.562. The Morgan fingerprint density at radius 3 is 2.77 bits per heavy atom. The molecule has 0 radical (unpaired) electrons. The van der Waals surface area contributed by atoms with Gasteiger partial charge < -0.3 is 15.3 Å². The van der Waals surface area contributed by atoms with Gasteiger partial charge in [0.25, 0.3) is 0 Å². The average molecular weight is 324 g/mol. The van der Waals surface area contributed by atoms with E-state index in [4.69, 9.17) is 0 Å². The van der Waals surface area contributed by atoms with Gasteiger partial charge in [0.1, 0.15) is 0 Å². The summed E-state index contributed by atoms with van der Waals surface area (Å²) in [5, 5.41) is 12.3. The molecule has 2 amide bonds. The molecule has 2 rings (SSSR count). The Morgan fingerprint density at radius 1 is 1.45 bits per heavy atom. The van der Waals surface area contributed by atoms with Crippen molar-refractivity contribution >= 4 is 22.5 Å². The molecular formula is C16H24N2O3S. The molecule has 1 aliphatic rings. The number of nitrogens with one attached hydrogen (secondary N) is 1. The highest BCUT2D eigenvalue weighted by Gasteiger charge is 2.24. The molecule has 1 saturated heterocycles. The third-order valence-corrected chi connectivity index (χ3v) is 5.57. The van der Waals surface area contributed by atoms with Gasteiger partial charge in [-0.25, -0.2) is 4.79 Å². The smallest absolute Gasteiger partial charge is 0.321 e. The molecule has 1 aromatic carbocycles. The molecule has 2 N–H and O–H groups in total. The SMILES string of the molecule is CC(C)(C)S(=O)Cc1cccc(NC(=O)N2CCC(O)C2)c1. The number of aliphatic hydroxyl groups excluding tert-OH is 1. The Kier molecular flexibility index (Phi) is 5.24. The van der Waals surface area contributed by atoms with E-state index in [2.05, 4.69) is 5.32 Å². The van der Waals surface area contributed by atoms with Crippen molar-refractivity contribution < 1.29 is 14.1 Å². The largest absolute Gasteiger partial charge is 0.391 e. The average Bonchev–Trinajstić information content (AvgIpc) is 2.85. The van der Waals surface area contributed by atoms with Crippen LogP contribution in [0, 0.1) is 0 Å². The van der Waals surface area contributed by atoms with Gasteiger partial charge in [-0.15, -0.1) is 0 Å². The van der Waals surface area contributed by atoms with Crippen molar-refractivity contribution in [2.45, 2.75) is 43.8 Å². The summed E-state index contributed by atoms with van der Waals surface area (Å²) >= 11 is 0. The number of rotatable bonds is 3. The Labute approximate surface area is 134 Å². The zero-order valence-electron chi connectivity index (χ0n) is 13.3. The van der Waals surface area contributed by atoms with Crippen LogP contribution in [0.1, 0.15) is 32.8 Å². The third-order valence-electron chi connectivity index (χ3n) is 3.61. The second-order valence-electron chi connectivity index (χ2n) is 6.62. The molecule has 0 aromatic heterocycles. The molecule has 5 nitrogen and oxygen atoms in total. The highest BCUT2D eigenvalue weighted by atomic mass is 32.2. The number of hydrogen-bond acceptors (Lipinski definition) is 3. The molecule has 1 aromatic rings. The summed E-state index contributed by atoms with van der Waals surface area (Å²) in [6, 6.07) is 7.23. The van der Waals surface area contributed by atoms with Crippen molar-refractivity contribution in [1.29, 1.82) is 0 Å². The lowest BCUT2D eigenvalue weighted by molar-refractivity contribution is 0.176. The number of benzene rings is 1. The maximum atomic E-state index is 12.2. The van der Waals surface area contributed by atoms with Crippen LogP contribution in [-0.2, 0) is 16.6 Å². The summed E-state index contributed by atoms with van der Waals surface area (Å²) in [5.41, 5.74) is 1.63. The molecule has 2 unspecified atom stereocenters. The molecule has 0 aliphatic carbocycles. The van der Waals surface area contributed by atoms with Crippen molar-refractivity contribution in [3.05, 3.63) is 29.8 Å². The van der Waals surface area contributed by atoms with Gasteiger partial charge in [-0.2, -0.15) is 0 Å². The fourth-order valence-electron chi connectivity index (χ4n) is 2.24. The number of carbonyl (C=O) groups is 1. The molecule has 1 aliphatic heterocycles. The first-order chi connectivity index (χ1) is 10.3. The topological polar surface area (TPSA) is 69.6 Å². The molecule has 1 fully saturated rings. The van der Waals surface area contributed by atoms with Gasteiger partial charge in [-0.3, -0.25) is 4.21 Å². The first-order valence-electron chi connectivity index (χ1n) is 7.47. The quantitative estimate of drug-likeness (QED) is 0.896. The number of amides is 2. The molecule has 22 heavy (non-hydrogen) atoms. The van der Waals surface area contributed by atoms with E-state index in [0.717, 1.165) is 5.56 Å². The Bertz CT molecular complexity index is 569. The summed E-state index contributed by atoms with van der Waals surface area (Å²) in [5.74, 6) is 0.468. The van der Waals surface area contributed by atoms with Gasteiger partial charge in [-0.05, 0) is 44.9 Å². The van der Waals surface area contributed by atoms with E-state index >= 15 is 0 Å². The minimum Gasteiger partial charge on any atom is -0.391 e. The normalized spacial score (nSPS) is 20.0. The Hall–Kier alpha value is -1.40. The van der Waals surface area contributed by atoms with E-state index in [-0.39, 0.29) is 10.8 Å². The summed E-state index contributed by atoms with van der Waals surface area (Å²) in [6.07, 6.45) is 0.198. The highest BCUT2D eigenvalue weighted by Crippen LogP contribution is 2.19. The van der Waals surface area contributed by atoms with Crippen LogP contribution in [0.5, 0.6) is 0 Å². The van der Waals surface area contributed by atoms with E-state index in [1.165, 1.54) is 0 Å². The number of β-amino-alcohol motifs (C(OH)–C–C–N with tert-alkyl or cyclic N) is 1. The number of aliphatic hydroxyl groups is 1. The Morgan fingerprint density at radius 2 is 2.18 bits per heavy atom. The van der Waals surface area contributed by atoms with Crippen LogP contribution < -0.4 is 5.32 Å². The van der Waals surface area contributed by atoms with Crippen LogP contribution in [0.15, 0.2) is 24.3 Å². The molecular weight excluding hydrogens is 300 g/mol. The Balaban J connectivity index is 1.99. The maximum Gasteiger partial charge on any atom is 0.321 e. The fourth-order valence-corrected chi connectivity index (χ4v) is 3.15. The first kappa shape index (κ1) is 17.0. The summed E-state index contributed by atoms with van der Waals surface area (Å²) < 4.78 is 11.9. The predicted octanol–water partition coefficient (Wildman–Crippen LogP) is 2.33. The number of nitrogens with zero attached hydrogens (tertiary/aromatic N) is 1. The molecule has 6 heteroatoms. The van der Waals surface area contributed by atoms with Crippen molar-refractivity contribution in [3.8, 4) is 0 Å². The van der Waals surface area contributed by atoms with Gasteiger partial charge >= 0.3 is 6.03 Å². The maximum absolute atomic E-state index is 12.2. The van der Waals surface area contributed by atoms with Gasteiger partial charge in [0, 0.05) is 40.1 Å². The van der Waals surface area contributed by atoms with Crippen LogP contribution in [0.4, 0.5) is 10.5 Å². The zero-order valence-corrected chi connectivity index (χ0v) is 14.2. The molecule has 0 saturated carbocycles. The van der Waals surface area contributed by atoms with Crippen LogP contribution >= 0.6 is 0 Å². The lowest BCUT2D eigenvalue weighted by Gasteiger charge is -2.19. The van der Waals surface area contributed by atoms with E-state index in [9.17, 15) is 14.1 Å². The molecule has 0 spiro atoms. The summed E-state index contributed by atoms with van der Waals surface area (Å²) in [7, 11) is -0.972. The van der Waals surface area contributed by atoms with Gasteiger partial charge in [0.05, 0.1) is 6.10 Å². The van der Waals surface area contributed by atoms with E-state index in [1.807, 2.05) is 45.0 Å². The molecule has 0 bridgehead atoms. The summed E-state index contributed by atoms with van der Waals surface area (Å²) in [4.78, 5) is 13.7. The van der Waals surface area contributed by atoms with Crippen LogP contribution in [-0.4, -0.2) is 44.2 Å². The molecule has 1 heterocycles. The third kappa shape index (κ3) is 4.55. The lowest BCUT2D eigenvalue weighted by Crippen LogP contribution is -2.33. The van der Waals surface area contributed by atoms with Gasteiger partial charge in [0.15, 0.2) is 0 Å².